The highest BCUT2D eigenvalue weighted by atomic mass is 28.4. The molecule has 3 heterocycles. The maximum absolute atomic E-state index is 13.8. The van der Waals surface area contributed by atoms with E-state index in [0.717, 1.165) is 16.8 Å². The number of aliphatic hydroxyl groups excluding tert-OH is 1. The normalized spacial score (nSPS) is 29.0. The minimum Gasteiger partial charge on any atom is -0.497 e. The fourth-order valence-electron chi connectivity index (χ4n) is 6.82. The van der Waals surface area contributed by atoms with Gasteiger partial charge in [-0.25, -0.2) is 0 Å². The van der Waals surface area contributed by atoms with Crippen LogP contribution in [-0.4, -0.2) is 67.8 Å². The molecule has 8 nitrogen and oxygen atoms in total. The van der Waals surface area contributed by atoms with Gasteiger partial charge in [-0.1, -0.05) is 31.2 Å². The van der Waals surface area contributed by atoms with E-state index >= 15 is 0 Å². The second-order valence-corrected chi connectivity index (χ2v) is 15.1. The molecule has 5 atom stereocenters. The first-order valence-electron chi connectivity index (χ1n) is 12.9. The van der Waals surface area contributed by atoms with Crippen LogP contribution < -0.4 is 9.64 Å². The molecule has 1 spiro atoms. The maximum atomic E-state index is 13.8. The Morgan fingerprint density at radius 1 is 1.22 bits per heavy atom. The molecule has 0 unspecified atom stereocenters. The molecular formula is C28H36N2O6Si. The SMILES string of the molecule is COc1ccc2c(c1)[C@]1(O[C@@H](CC(=O)N3Cc4ccccc4C[C@H]3CO)[C@H]([Si](C)(C)O)[C@H]1C)C(=O)N2C. The molecule has 37 heavy (non-hydrogen) atoms. The Bertz CT molecular complexity index is 1230. The van der Waals surface area contributed by atoms with Gasteiger partial charge in [-0.15, -0.1) is 0 Å². The summed E-state index contributed by atoms with van der Waals surface area (Å²) in [5, 5.41) is 10.1. The Morgan fingerprint density at radius 3 is 2.57 bits per heavy atom. The molecule has 0 saturated carbocycles. The number of rotatable bonds is 5. The van der Waals surface area contributed by atoms with Gasteiger partial charge in [0.2, 0.25) is 5.91 Å². The molecule has 2 aromatic carbocycles. The lowest BCUT2D eigenvalue weighted by atomic mass is 9.82. The van der Waals surface area contributed by atoms with Gasteiger partial charge in [0.15, 0.2) is 13.9 Å². The molecule has 2 amide bonds. The quantitative estimate of drug-likeness (QED) is 0.584. The average Bonchev–Trinajstić information content (AvgIpc) is 3.29. The molecule has 0 aliphatic carbocycles. The number of benzene rings is 2. The molecule has 1 saturated heterocycles. The van der Waals surface area contributed by atoms with E-state index < -0.39 is 20.0 Å². The number of fused-ring (bicyclic) bond motifs is 3. The fourth-order valence-corrected chi connectivity index (χ4v) is 9.38. The number of hydrogen-bond donors (Lipinski definition) is 2. The predicted octanol–water partition coefficient (Wildman–Crippen LogP) is 2.81. The van der Waals surface area contributed by atoms with Crippen molar-refractivity contribution in [1.29, 1.82) is 0 Å². The molecule has 2 N–H and O–H groups in total. The van der Waals surface area contributed by atoms with Crippen molar-refractivity contribution < 1.29 is 29.0 Å². The van der Waals surface area contributed by atoms with Crippen LogP contribution in [0.15, 0.2) is 42.5 Å². The summed E-state index contributed by atoms with van der Waals surface area (Å²) in [6, 6.07) is 13.2. The van der Waals surface area contributed by atoms with E-state index in [1.54, 1.807) is 24.0 Å². The van der Waals surface area contributed by atoms with Gasteiger partial charge in [0.25, 0.3) is 5.91 Å². The van der Waals surface area contributed by atoms with Crippen molar-refractivity contribution >= 4 is 25.8 Å². The summed E-state index contributed by atoms with van der Waals surface area (Å²) in [6.45, 7) is 5.93. The average molecular weight is 525 g/mol. The molecule has 9 heteroatoms. The smallest absolute Gasteiger partial charge is 0.264 e. The molecule has 1 fully saturated rings. The highest BCUT2D eigenvalue weighted by Gasteiger charge is 2.66. The highest BCUT2D eigenvalue weighted by molar-refractivity contribution is 6.71. The van der Waals surface area contributed by atoms with Gasteiger partial charge in [-0.05, 0) is 48.8 Å². The first-order valence-corrected chi connectivity index (χ1v) is 15.9. The standard InChI is InChI=1S/C28H36N2O6Si/c1-17-26(37(4,5)34)24(14-25(32)30-15-19-9-7-6-8-18(19)12-20(30)16-31)36-28(17)22-13-21(35-3)10-11-23(22)29(2)27(28)33/h6-11,13,17,20,24,26,31,34H,12,14-16H2,1-5H3/t17-,20+,24+,26-,28+/m1/s1. The van der Waals surface area contributed by atoms with Crippen molar-refractivity contribution in [3.8, 4) is 5.75 Å². The summed E-state index contributed by atoms with van der Waals surface area (Å²) >= 11 is 0. The van der Waals surface area contributed by atoms with Gasteiger partial charge in [0.05, 0.1) is 38.0 Å². The summed E-state index contributed by atoms with van der Waals surface area (Å²) in [5.74, 6) is -0.0697. The van der Waals surface area contributed by atoms with Crippen LogP contribution in [-0.2, 0) is 32.9 Å². The van der Waals surface area contributed by atoms with Crippen LogP contribution in [0.1, 0.15) is 30.0 Å². The van der Waals surface area contributed by atoms with Crippen LogP contribution in [0.4, 0.5) is 5.69 Å². The number of hydrogen-bond acceptors (Lipinski definition) is 6. The topological polar surface area (TPSA) is 99.5 Å². The number of likely N-dealkylation sites (N-methyl/N-ethyl adjacent to an activating group) is 1. The number of anilines is 1. The third kappa shape index (κ3) is 3.99. The van der Waals surface area contributed by atoms with Gasteiger partial charge in [0, 0.05) is 30.6 Å². The minimum atomic E-state index is -2.89. The summed E-state index contributed by atoms with van der Waals surface area (Å²) in [6.07, 6.45) is -0.0206. The zero-order valence-corrected chi connectivity index (χ0v) is 23.1. The van der Waals surface area contributed by atoms with Crippen LogP contribution in [0.3, 0.4) is 0 Å². The molecule has 5 rings (SSSR count). The Morgan fingerprint density at radius 2 is 1.92 bits per heavy atom. The van der Waals surface area contributed by atoms with Gasteiger partial charge in [0.1, 0.15) is 5.75 Å². The van der Waals surface area contributed by atoms with Crippen LogP contribution in [0.2, 0.25) is 18.6 Å². The zero-order chi connectivity index (χ0) is 26.7. The molecule has 3 aliphatic heterocycles. The number of nitrogens with zero attached hydrogens (tertiary/aromatic N) is 2. The summed E-state index contributed by atoms with van der Waals surface area (Å²) < 4.78 is 12.1. The van der Waals surface area contributed by atoms with Crippen molar-refractivity contribution in [3.05, 3.63) is 59.2 Å². The lowest BCUT2D eigenvalue weighted by molar-refractivity contribution is -0.150. The largest absolute Gasteiger partial charge is 0.497 e. The van der Waals surface area contributed by atoms with E-state index in [1.807, 2.05) is 62.5 Å². The maximum Gasteiger partial charge on any atom is 0.264 e. The lowest BCUT2D eigenvalue weighted by Crippen LogP contribution is -2.48. The van der Waals surface area contributed by atoms with Crippen LogP contribution >= 0.6 is 0 Å². The molecule has 3 aliphatic rings. The third-order valence-electron chi connectivity index (χ3n) is 8.58. The van der Waals surface area contributed by atoms with E-state index in [9.17, 15) is 19.5 Å². The number of carbonyl (C=O) groups is 2. The first kappa shape index (κ1) is 25.9. The number of methoxy groups -OCH3 is 1. The molecule has 0 aromatic heterocycles. The van der Waals surface area contributed by atoms with Gasteiger partial charge >= 0.3 is 0 Å². The number of amides is 2. The van der Waals surface area contributed by atoms with E-state index in [2.05, 4.69) is 0 Å². The van der Waals surface area contributed by atoms with E-state index in [1.165, 1.54) is 0 Å². The fraction of sp³-hybridized carbons (Fsp3) is 0.500. The Balaban J connectivity index is 1.50. The zero-order valence-electron chi connectivity index (χ0n) is 22.1. The number of ether oxygens (including phenoxy) is 2. The van der Waals surface area contributed by atoms with Crippen LogP contribution in [0.5, 0.6) is 5.75 Å². The first-order chi connectivity index (χ1) is 17.5. The predicted molar refractivity (Wildman–Crippen MR) is 142 cm³/mol. The van der Waals surface area contributed by atoms with Gasteiger partial charge in [-0.2, -0.15) is 0 Å². The van der Waals surface area contributed by atoms with Gasteiger partial charge in [-0.3, -0.25) is 9.59 Å². The van der Waals surface area contributed by atoms with E-state index in [0.29, 0.717) is 24.3 Å². The number of carbonyl (C=O) groups excluding carboxylic acids is 2. The van der Waals surface area contributed by atoms with Gasteiger partial charge < -0.3 is 29.2 Å². The highest BCUT2D eigenvalue weighted by Crippen LogP contribution is 2.59. The van der Waals surface area contributed by atoms with Crippen LogP contribution in [0.25, 0.3) is 0 Å². The lowest BCUT2D eigenvalue weighted by Gasteiger charge is -2.37. The van der Waals surface area contributed by atoms with Crippen LogP contribution in [0, 0.1) is 5.92 Å². The Labute approximate surface area is 218 Å². The van der Waals surface area contributed by atoms with E-state index in [-0.39, 0.29) is 42.3 Å². The molecule has 0 bridgehead atoms. The van der Waals surface area contributed by atoms with Crippen molar-refractivity contribution in [2.45, 2.75) is 62.7 Å². The van der Waals surface area contributed by atoms with Crippen molar-refractivity contribution in [2.24, 2.45) is 5.92 Å². The monoisotopic (exact) mass is 524 g/mol. The second-order valence-electron chi connectivity index (χ2n) is 11.1. The molecule has 2 aromatic rings. The Hall–Kier alpha value is -2.72. The molecule has 198 valence electrons. The third-order valence-corrected chi connectivity index (χ3v) is 11.1. The summed E-state index contributed by atoms with van der Waals surface area (Å²) in [7, 11) is 0.421. The second kappa shape index (κ2) is 9.23. The Kier molecular flexibility index (Phi) is 6.46. The van der Waals surface area contributed by atoms with Crippen molar-refractivity contribution in [2.75, 3.05) is 25.7 Å². The summed E-state index contributed by atoms with van der Waals surface area (Å²) in [5.41, 5.74) is 2.02. The van der Waals surface area contributed by atoms with Crippen molar-refractivity contribution in [3.63, 3.8) is 0 Å². The summed E-state index contributed by atoms with van der Waals surface area (Å²) in [4.78, 5) is 42.3. The minimum absolute atomic E-state index is 0.0305. The molecular weight excluding hydrogens is 488 g/mol. The number of aliphatic hydroxyl groups is 1. The van der Waals surface area contributed by atoms with E-state index in [4.69, 9.17) is 9.47 Å². The van der Waals surface area contributed by atoms with Crippen molar-refractivity contribution in [1.82, 2.24) is 4.90 Å². The molecule has 0 radical (unpaired) electrons.